The van der Waals surface area contributed by atoms with Crippen LogP contribution < -0.4 is 5.32 Å². The molecule has 1 N–H and O–H groups in total. The molecule has 1 fully saturated rings. The van der Waals surface area contributed by atoms with Crippen LogP contribution in [0.4, 0.5) is 5.69 Å². The Kier molecular flexibility index (Phi) is 6.83. The van der Waals surface area contributed by atoms with Gasteiger partial charge < -0.3 is 9.84 Å². The Bertz CT molecular complexity index is 1250. The van der Waals surface area contributed by atoms with Gasteiger partial charge in [0.25, 0.3) is 0 Å². The van der Waals surface area contributed by atoms with Crippen molar-refractivity contribution in [2.45, 2.75) is 19.4 Å². The molecule has 3 aromatic carbocycles. The van der Waals surface area contributed by atoms with E-state index in [0.717, 1.165) is 52.8 Å². The Labute approximate surface area is 207 Å². The molecule has 7 heteroatoms. The number of aromatic nitrogens is 2. The number of nitrogens with zero attached hydrogens (tertiary/aromatic N) is 3. The van der Waals surface area contributed by atoms with Crippen molar-refractivity contribution in [2.75, 3.05) is 18.4 Å². The van der Waals surface area contributed by atoms with Gasteiger partial charge in [-0.3, -0.25) is 9.69 Å². The molecule has 2 heterocycles. The molecular weight excluding hydrogens is 492 g/mol. The van der Waals surface area contributed by atoms with E-state index in [2.05, 4.69) is 48.4 Å². The Morgan fingerprint density at radius 3 is 2.41 bits per heavy atom. The third-order valence-electron chi connectivity index (χ3n) is 6.16. The lowest BCUT2D eigenvalue weighted by molar-refractivity contribution is -0.121. The van der Waals surface area contributed by atoms with Gasteiger partial charge in [0.2, 0.25) is 17.6 Å². The van der Waals surface area contributed by atoms with E-state index in [9.17, 15) is 4.79 Å². The van der Waals surface area contributed by atoms with Crippen molar-refractivity contribution in [1.82, 2.24) is 15.0 Å². The van der Waals surface area contributed by atoms with Gasteiger partial charge in [-0.25, -0.2) is 0 Å². The summed E-state index contributed by atoms with van der Waals surface area (Å²) in [4.78, 5) is 19.8. The van der Waals surface area contributed by atoms with Crippen LogP contribution in [0.2, 0.25) is 0 Å². The highest BCUT2D eigenvalue weighted by atomic mass is 79.9. The monoisotopic (exact) mass is 516 g/mol. The number of likely N-dealkylation sites (tertiary alicyclic amines) is 1. The number of carbonyl (C=O) groups is 1. The zero-order valence-corrected chi connectivity index (χ0v) is 20.2. The number of para-hydroxylation sites is 1. The van der Waals surface area contributed by atoms with Crippen LogP contribution in [0.1, 0.15) is 18.7 Å². The first-order chi connectivity index (χ1) is 16.7. The standard InChI is InChI=1S/C27H25BrN4O2/c28-22-12-10-20(11-13-22)26-30-25(34-31-26)18-32-16-14-21(15-17-32)27(33)29-24-9-5-4-8-23(24)19-6-2-1-3-7-19/h1-13,21H,14-18H2,(H,29,33). The van der Waals surface area contributed by atoms with Crippen molar-refractivity contribution in [3.63, 3.8) is 0 Å². The Balaban J connectivity index is 1.16. The SMILES string of the molecule is O=C(Nc1ccccc1-c1ccccc1)C1CCN(Cc2nc(-c3ccc(Br)cc3)no2)CC1. The van der Waals surface area contributed by atoms with E-state index < -0.39 is 0 Å². The number of anilines is 1. The van der Waals surface area contributed by atoms with Gasteiger partial charge in [-0.2, -0.15) is 4.98 Å². The fourth-order valence-corrected chi connectivity index (χ4v) is 4.54. The summed E-state index contributed by atoms with van der Waals surface area (Å²) in [7, 11) is 0. The van der Waals surface area contributed by atoms with Crippen molar-refractivity contribution in [3.05, 3.63) is 89.2 Å². The van der Waals surface area contributed by atoms with Crippen molar-refractivity contribution in [2.24, 2.45) is 5.92 Å². The molecule has 1 aromatic heterocycles. The van der Waals surface area contributed by atoms with Crippen LogP contribution >= 0.6 is 15.9 Å². The van der Waals surface area contributed by atoms with Gasteiger partial charge in [0, 0.05) is 27.2 Å². The Hall–Kier alpha value is -3.29. The van der Waals surface area contributed by atoms with E-state index in [-0.39, 0.29) is 11.8 Å². The molecule has 1 amide bonds. The van der Waals surface area contributed by atoms with E-state index in [4.69, 9.17) is 4.52 Å². The minimum Gasteiger partial charge on any atom is -0.338 e. The maximum atomic E-state index is 13.0. The van der Waals surface area contributed by atoms with Gasteiger partial charge in [0.05, 0.1) is 6.54 Å². The maximum Gasteiger partial charge on any atom is 0.241 e. The van der Waals surface area contributed by atoms with Crippen LogP contribution in [0.15, 0.2) is 87.9 Å². The second kappa shape index (κ2) is 10.3. The highest BCUT2D eigenvalue weighted by Crippen LogP contribution is 2.29. The van der Waals surface area contributed by atoms with Crippen LogP contribution in [-0.2, 0) is 11.3 Å². The van der Waals surface area contributed by atoms with E-state index >= 15 is 0 Å². The largest absolute Gasteiger partial charge is 0.338 e. The lowest BCUT2D eigenvalue weighted by Gasteiger charge is -2.30. The van der Waals surface area contributed by atoms with Crippen LogP contribution in [0.3, 0.4) is 0 Å². The predicted molar refractivity (Wildman–Crippen MR) is 136 cm³/mol. The molecule has 0 bridgehead atoms. The summed E-state index contributed by atoms with van der Waals surface area (Å²) >= 11 is 3.44. The summed E-state index contributed by atoms with van der Waals surface area (Å²) in [6.07, 6.45) is 1.60. The van der Waals surface area contributed by atoms with Gasteiger partial charge in [-0.05, 0) is 61.8 Å². The minimum absolute atomic E-state index is 0.0129. The number of nitrogens with one attached hydrogen (secondary N) is 1. The zero-order valence-electron chi connectivity index (χ0n) is 18.7. The van der Waals surface area contributed by atoms with Gasteiger partial charge in [0.15, 0.2) is 0 Å². The summed E-state index contributed by atoms with van der Waals surface area (Å²) in [6, 6.07) is 25.9. The quantitative estimate of drug-likeness (QED) is 0.339. The number of piperidine rings is 1. The lowest BCUT2D eigenvalue weighted by Crippen LogP contribution is -2.37. The normalized spacial score (nSPS) is 14.7. The molecule has 34 heavy (non-hydrogen) atoms. The molecule has 0 saturated carbocycles. The lowest BCUT2D eigenvalue weighted by atomic mass is 9.95. The fraction of sp³-hybridized carbons (Fsp3) is 0.222. The number of carbonyl (C=O) groups excluding carboxylic acids is 1. The number of halogens is 1. The Morgan fingerprint density at radius 1 is 0.941 bits per heavy atom. The third-order valence-corrected chi connectivity index (χ3v) is 6.69. The number of benzene rings is 3. The first kappa shape index (κ1) is 22.5. The molecule has 0 unspecified atom stereocenters. The molecule has 1 saturated heterocycles. The summed E-state index contributed by atoms with van der Waals surface area (Å²) in [5.41, 5.74) is 3.90. The van der Waals surface area contributed by atoms with E-state index in [1.165, 1.54) is 0 Å². The van der Waals surface area contributed by atoms with Gasteiger partial charge >= 0.3 is 0 Å². The molecule has 4 aromatic rings. The van der Waals surface area contributed by atoms with Crippen molar-refractivity contribution >= 4 is 27.5 Å². The predicted octanol–water partition coefficient (Wildman–Crippen LogP) is 6.02. The highest BCUT2D eigenvalue weighted by Gasteiger charge is 2.26. The molecule has 1 aliphatic rings. The van der Waals surface area contributed by atoms with E-state index in [0.29, 0.717) is 18.3 Å². The van der Waals surface area contributed by atoms with Crippen LogP contribution in [0.25, 0.3) is 22.5 Å². The highest BCUT2D eigenvalue weighted by molar-refractivity contribution is 9.10. The van der Waals surface area contributed by atoms with E-state index in [1.807, 2.05) is 66.7 Å². The average Bonchev–Trinajstić information content (AvgIpc) is 3.34. The topological polar surface area (TPSA) is 71.3 Å². The van der Waals surface area contributed by atoms with Gasteiger partial charge in [-0.1, -0.05) is 69.6 Å². The molecule has 5 rings (SSSR count). The second-order valence-electron chi connectivity index (χ2n) is 8.47. The average molecular weight is 517 g/mol. The molecule has 6 nitrogen and oxygen atoms in total. The summed E-state index contributed by atoms with van der Waals surface area (Å²) < 4.78 is 6.48. The summed E-state index contributed by atoms with van der Waals surface area (Å²) in [5, 5.41) is 7.28. The number of amides is 1. The van der Waals surface area contributed by atoms with Crippen LogP contribution in [0, 0.1) is 5.92 Å². The summed E-state index contributed by atoms with van der Waals surface area (Å²) in [6.45, 7) is 2.22. The Morgan fingerprint density at radius 2 is 1.65 bits per heavy atom. The molecule has 0 spiro atoms. The molecule has 172 valence electrons. The van der Waals surface area contributed by atoms with E-state index in [1.54, 1.807) is 0 Å². The zero-order chi connectivity index (χ0) is 23.3. The fourth-order valence-electron chi connectivity index (χ4n) is 4.28. The molecule has 0 radical (unpaired) electrons. The number of rotatable bonds is 6. The first-order valence-corrected chi connectivity index (χ1v) is 12.2. The number of hydrogen-bond acceptors (Lipinski definition) is 5. The summed E-state index contributed by atoms with van der Waals surface area (Å²) in [5.74, 6) is 1.26. The molecular formula is C27H25BrN4O2. The molecule has 0 aliphatic carbocycles. The smallest absolute Gasteiger partial charge is 0.241 e. The minimum atomic E-state index is -0.0129. The third kappa shape index (κ3) is 5.26. The maximum absolute atomic E-state index is 13.0. The van der Waals surface area contributed by atoms with Crippen molar-refractivity contribution in [3.8, 4) is 22.5 Å². The number of hydrogen-bond donors (Lipinski definition) is 1. The first-order valence-electron chi connectivity index (χ1n) is 11.4. The van der Waals surface area contributed by atoms with Crippen molar-refractivity contribution in [1.29, 1.82) is 0 Å². The van der Waals surface area contributed by atoms with Gasteiger partial charge in [0.1, 0.15) is 0 Å². The van der Waals surface area contributed by atoms with Crippen LogP contribution in [-0.4, -0.2) is 34.0 Å². The second-order valence-corrected chi connectivity index (χ2v) is 9.39. The van der Waals surface area contributed by atoms with Crippen molar-refractivity contribution < 1.29 is 9.32 Å². The molecule has 1 aliphatic heterocycles. The van der Waals surface area contributed by atoms with Crippen LogP contribution in [0.5, 0.6) is 0 Å². The molecule has 0 atom stereocenters. The van der Waals surface area contributed by atoms with Gasteiger partial charge in [-0.15, -0.1) is 0 Å².